The van der Waals surface area contributed by atoms with Crippen molar-refractivity contribution in [2.45, 2.75) is 30.0 Å². The third kappa shape index (κ3) is 4.92. The monoisotopic (exact) mass is 531 g/mol. The van der Waals surface area contributed by atoms with Gasteiger partial charge in [-0.3, -0.25) is 14.5 Å². The van der Waals surface area contributed by atoms with Crippen molar-refractivity contribution in [2.24, 2.45) is 0 Å². The molecule has 9 heteroatoms. The largest absolute Gasteiger partial charge is 0.507 e. The predicted octanol–water partition coefficient (Wildman–Crippen LogP) is 6.21. The number of hydrogen-bond acceptors (Lipinski definition) is 7. The maximum Gasteiger partial charge on any atom is 0.301 e. The van der Waals surface area contributed by atoms with Crippen LogP contribution in [-0.2, 0) is 15.3 Å². The van der Waals surface area contributed by atoms with Gasteiger partial charge in [-0.25, -0.2) is 4.39 Å². The van der Waals surface area contributed by atoms with E-state index in [1.165, 1.54) is 52.3 Å². The van der Waals surface area contributed by atoms with Crippen LogP contribution in [0.1, 0.15) is 33.9 Å². The molecular weight excluding hydrogens is 509 g/mol. The van der Waals surface area contributed by atoms with E-state index in [-0.39, 0.29) is 16.5 Å². The molecule has 1 aromatic heterocycles. The van der Waals surface area contributed by atoms with Gasteiger partial charge in [0.1, 0.15) is 11.6 Å². The Morgan fingerprint density at radius 1 is 1.03 bits per heavy atom. The average Bonchev–Trinajstić information content (AvgIpc) is 3.47. The lowest BCUT2D eigenvalue weighted by Crippen LogP contribution is -2.29. The fourth-order valence-electron chi connectivity index (χ4n) is 4.20. The Morgan fingerprint density at radius 3 is 2.49 bits per heavy atom. The number of Topliss-reactive ketones (excluding diaryl/α,β-unsaturated/α-hetero) is 1. The first-order valence-electron chi connectivity index (χ1n) is 11.5. The van der Waals surface area contributed by atoms with Crippen LogP contribution in [0.3, 0.4) is 0 Å². The second-order valence-electron chi connectivity index (χ2n) is 8.66. The second-order valence-corrected chi connectivity index (χ2v) is 10.8. The van der Waals surface area contributed by atoms with Crippen molar-refractivity contribution in [2.75, 3.05) is 4.90 Å². The first-order chi connectivity index (χ1) is 17.8. The highest BCUT2D eigenvalue weighted by molar-refractivity contribution is 8.00. The van der Waals surface area contributed by atoms with Gasteiger partial charge in [0.2, 0.25) is 5.13 Å². The fraction of sp³-hybridized carbons (Fsp3) is 0.143. The van der Waals surface area contributed by atoms with Gasteiger partial charge >= 0.3 is 5.91 Å². The van der Waals surface area contributed by atoms with Crippen LogP contribution < -0.4 is 4.90 Å². The summed E-state index contributed by atoms with van der Waals surface area (Å²) in [6, 6.07) is 19.9. The fourth-order valence-corrected chi connectivity index (χ4v) is 6.03. The molecule has 1 aliphatic heterocycles. The van der Waals surface area contributed by atoms with Crippen LogP contribution in [0.15, 0.2) is 82.7 Å². The number of amides is 1. The molecule has 1 N–H and O–H groups in total. The summed E-state index contributed by atoms with van der Waals surface area (Å²) in [6.07, 6.45) is 0. The van der Waals surface area contributed by atoms with Crippen molar-refractivity contribution < 1.29 is 19.1 Å². The maximum absolute atomic E-state index is 13.8. The summed E-state index contributed by atoms with van der Waals surface area (Å²) in [5.41, 5.74) is 3.62. The van der Waals surface area contributed by atoms with Gasteiger partial charge in [-0.05, 0) is 48.7 Å². The molecule has 1 amide bonds. The van der Waals surface area contributed by atoms with E-state index in [9.17, 15) is 19.1 Å². The summed E-state index contributed by atoms with van der Waals surface area (Å²) in [7, 11) is 0. The number of aromatic nitrogens is 2. The van der Waals surface area contributed by atoms with Gasteiger partial charge in [0.25, 0.3) is 5.78 Å². The van der Waals surface area contributed by atoms with Crippen molar-refractivity contribution in [1.82, 2.24) is 10.2 Å². The first-order valence-corrected chi connectivity index (χ1v) is 13.3. The molecule has 1 fully saturated rings. The summed E-state index contributed by atoms with van der Waals surface area (Å²) in [6.45, 7) is 3.70. The number of ketones is 1. The number of rotatable bonds is 6. The Kier molecular flexibility index (Phi) is 6.90. The molecule has 6 nitrogen and oxygen atoms in total. The highest BCUT2D eigenvalue weighted by Gasteiger charge is 2.48. The third-order valence-corrected chi connectivity index (χ3v) is 8.21. The number of carbonyl (C=O) groups is 2. The smallest absolute Gasteiger partial charge is 0.301 e. The third-order valence-electron chi connectivity index (χ3n) is 6.09. The molecule has 2 heterocycles. The van der Waals surface area contributed by atoms with Crippen LogP contribution >= 0.6 is 23.1 Å². The molecule has 3 aromatic carbocycles. The molecule has 1 unspecified atom stereocenters. The Hall–Kier alpha value is -3.82. The minimum Gasteiger partial charge on any atom is -0.507 e. The number of anilines is 1. The molecule has 0 aliphatic carbocycles. The zero-order valence-corrected chi connectivity index (χ0v) is 21.6. The second kappa shape index (κ2) is 10.3. The zero-order chi connectivity index (χ0) is 26.1. The Labute approximate surface area is 221 Å². The van der Waals surface area contributed by atoms with Crippen LogP contribution in [0, 0.1) is 19.7 Å². The molecule has 186 valence electrons. The van der Waals surface area contributed by atoms with E-state index in [1.54, 1.807) is 6.07 Å². The SMILES string of the molecule is Cc1ccc(C)c(/C(O)=C2\C(=O)C(=O)N(c3nnc(SCc4ccccc4)s3)C2c2ccc(F)cc2)c1. The van der Waals surface area contributed by atoms with Gasteiger partial charge in [0.15, 0.2) is 4.34 Å². The van der Waals surface area contributed by atoms with Gasteiger partial charge in [0, 0.05) is 11.3 Å². The molecule has 0 spiro atoms. The van der Waals surface area contributed by atoms with Crippen molar-refractivity contribution >= 4 is 45.7 Å². The average molecular weight is 532 g/mol. The summed E-state index contributed by atoms with van der Waals surface area (Å²) < 4.78 is 14.4. The summed E-state index contributed by atoms with van der Waals surface area (Å²) in [5, 5.41) is 20.0. The number of thioether (sulfide) groups is 1. The Balaban J connectivity index is 1.58. The van der Waals surface area contributed by atoms with Crippen LogP contribution in [0.25, 0.3) is 5.76 Å². The topological polar surface area (TPSA) is 83.4 Å². The molecule has 1 aliphatic rings. The number of halogens is 1. The lowest BCUT2D eigenvalue weighted by Gasteiger charge is -2.22. The molecule has 0 bridgehead atoms. The lowest BCUT2D eigenvalue weighted by atomic mass is 9.93. The summed E-state index contributed by atoms with van der Waals surface area (Å²) in [5.74, 6) is -1.72. The Morgan fingerprint density at radius 2 is 1.76 bits per heavy atom. The van der Waals surface area contributed by atoms with Gasteiger partial charge in [-0.2, -0.15) is 0 Å². The molecule has 4 aromatic rings. The number of nitrogens with zero attached hydrogens (tertiary/aromatic N) is 3. The number of hydrogen-bond donors (Lipinski definition) is 1. The highest BCUT2D eigenvalue weighted by Crippen LogP contribution is 2.44. The van der Waals surface area contributed by atoms with Crippen LogP contribution in [0.2, 0.25) is 0 Å². The molecular formula is C28H22FN3O3S2. The first kappa shape index (κ1) is 24.9. The number of carbonyl (C=O) groups excluding carboxylic acids is 2. The van der Waals surface area contributed by atoms with E-state index in [0.29, 0.717) is 21.2 Å². The normalized spacial score (nSPS) is 16.9. The van der Waals surface area contributed by atoms with E-state index in [1.807, 2.05) is 56.3 Å². The number of aryl methyl sites for hydroxylation is 2. The minimum absolute atomic E-state index is 0.0704. The Bertz CT molecular complexity index is 1520. The summed E-state index contributed by atoms with van der Waals surface area (Å²) in [4.78, 5) is 27.9. The van der Waals surface area contributed by atoms with Gasteiger partial charge in [0.05, 0.1) is 11.6 Å². The van der Waals surface area contributed by atoms with Gasteiger partial charge in [-0.15, -0.1) is 10.2 Å². The van der Waals surface area contributed by atoms with E-state index < -0.39 is 23.5 Å². The zero-order valence-electron chi connectivity index (χ0n) is 20.0. The molecule has 5 rings (SSSR count). The highest BCUT2D eigenvalue weighted by atomic mass is 32.2. The molecule has 37 heavy (non-hydrogen) atoms. The van der Waals surface area contributed by atoms with E-state index in [4.69, 9.17) is 0 Å². The predicted molar refractivity (Wildman–Crippen MR) is 143 cm³/mol. The molecule has 0 saturated carbocycles. The van der Waals surface area contributed by atoms with Crippen molar-refractivity contribution in [3.05, 3.63) is 112 Å². The number of aliphatic hydroxyl groups is 1. The van der Waals surface area contributed by atoms with Crippen LogP contribution in [0.5, 0.6) is 0 Å². The van der Waals surface area contributed by atoms with Crippen molar-refractivity contribution in [3.8, 4) is 0 Å². The quantitative estimate of drug-likeness (QED) is 0.105. The van der Waals surface area contributed by atoms with E-state index >= 15 is 0 Å². The van der Waals surface area contributed by atoms with Crippen LogP contribution in [-0.4, -0.2) is 27.0 Å². The molecule has 1 saturated heterocycles. The lowest BCUT2D eigenvalue weighted by molar-refractivity contribution is -0.132. The molecule has 1 atom stereocenters. The summed E-state index contributed by atoms with van der Waals surface area (Å²) >= 11 is 2.66. The minimum atomic E-state index is -0.986. The molecule has 0 radical (unpaired) electrons. The van der Waals surface area contributed by atoms with Crippen LogP contribution in [0.4, 0.5) is 9.52 Å². The van der Waals surface area contributed by atoms with E-state index in [2.05, 4.69) is 10.2 Å². The van der Waals surface area contributed by atoms with Gasteiger partial charge < -0.3 is 5.11 Å². The number of benzene rings is 3. The maximum atomic E-state index is 13.8. The van der Waals surface area contributed by atoms with Gasteiger partial charge in [-0.1, -0.05) is 83.3 Å². The standard InChI is InChI=1S/C28H22FN3O3S2/c1-16-8-9-17(2)21(14-16)24(33)22-23(19-10-12-20(29)13-11-19)32(26(35)25(22)34)27-30-31-28(37-27)36-15-18-6-4-3-5-7-18/h3-14,23,33H,15H2,1-2H3/b24-22+. The van der Waals surface area contributed by atoms with E-state index in [0.717, 1.165) is 16.7 Å². The number of aliphatic hydroxyl groups excluding tert-OH is 1. The van der Waals surface area contributed by atoms with Crippen molar-refractivity contribution in [1.29, 1.82) is 0 Å². The van der Waals surface area contributed by atoms with Crippen molar-refractivity contribution in [3.63, 3.8) is 0 Å².